The number of nitrogens with one attached hydrogen (secondary N) is 1. The molecule has 320 valence electrons. The molecule has 8 heterocycles. The lowest BCUT2D eigenvalue weighted by Gasteiger charge is -2.34. The van der Waals surface area contributed by atoms with E-state index < -0.39 is 10.0 Å². The van der Waals surface area contributed by atoms with Gasteiger partial charge in [0, 0.05) is 71.9 Å². The molecule has 15 heteroatoms. The summed E-state index contributed by atoms with van der Waals surface area (Å²) in [4.78, 5) is 26.9. The van der Waals surface area contributed by atoms with Crippen LogP contribution in [0.25, 0.3) is 33.6 Å². The molecule has 2 aliphatic carbocycles. The number of rotatable bonds is 6. The average Bonchev–Trinajstić information content (AvgIpc) is 4.16. The molecule has 0 amide bonds. The molecule has 0 bridgehead atoms. The minimum atomic E-state index is -3.77. The van der Waals surface area contributed by atoms with Crippen molar-refractivity contribution in [2.24, 2.45) is 23.7 Å². The number of hydrogen-bond donors (Lipinski definition) is 1. The van der Waals surface area contributed by atoms with Crippen LogP contribution in [0.15, 0.2) is 78.5 Å². The number of benzene rings is 1. The molecule has 2 saturated heterocycles. The van der Waals surface area contributed by atoms with Gasteiger partial charge in [0.15, 0.2) is 22.6 Å². The SMILES string of the molecule is C[C@@H]1C[C@@H](N2CCC(C#N)CC2)C[C@@H]1c1cnc2cnc3[nH]ccc3n12.Cc1ccc(S(=O)(=O)n2ccc3c2ncc2ncc(C4CC(N5CCC(C#N)CC5)CC4C)n23)cc1. The molecule has 1 N–H and O–H groups in total. The molecule has 4 aliphatic rings. The molecule has 6 aromatic heterocycles. The first kappa shape index (κ1) is 40.5. The Labute approximate surface area is 362 Å². The van der Waals surface area contributed by atoms with Crippen molar-refractivity contribution in [1.82, 2.24) is 47.5 Å². The van der Waals surface area contributed by atoms with Gasteiger partial charge in [-0.3, -0.25) is 8.80 Å². The van der Waals surface area contributed by atoms with Crippen LogP contribution in [0.5, 0.6) is 0 Å². The maximum atomic E-state index is 13.4. The van der Waals surface area contributed by atoms with Gasteiger partial charge in [-0.05, 0) is 121 Å². The van der Waals surface area contributed by atoms with Crippen molar-refractivity contribution >= 4 is 43.6 Å². The van der Waals surface area contributed by atoms with Crippen molar-refractivity contribution in [3.05, 3.63) is 90.5 Å². The molecule has 0 radical (unpaired) electrons. The molecule has 3 unspecified atom stereocenters. The van der Waals surface area contributed by atoms with Gasteiger partial charge < -0.3 is 14.8 Å². The second-order valence-electron chi connectivity index (χ2n) is 18.4. The molecule has 7 aromatic rings. The fourth-order valence-corrected chi connectivity index (χ4v) is 12.5. The zero-order valence-corrected chi connectivity index (χ0v) is 36.5. The second kappa shape index (κ2) is 16.3. The number of aryl methyl sites for hydroxylation is 1. The lowest BCUT2D eigenvalue weighted by Crippen LogP contribution is -2.40. The van der Waals surface area contributed by atoms with Gasteiger partial charge in [-0.1, -0.05) is 31.5 Å². The molecule has 11 rings (SSSR count). The highest BCUT2D eigenvalue weighted by atomic mass is 32.2. The zero-order chi connectivity index (χ0) is 42.7. The number of aromatic amines is 1. The lowest BCUT2D eigenvalue weighted by molar-refractivity contribution is 0.146. The predicted molar refractivity (Wildman–Crippen MR) is 237 cm³/mol. The summed E-state index contributed by atoms with van der Waals surface area (Å²) < 4.78 is 32.5. The quantitative estimate of drug-likeness (QED) is 0.175. The summed E-state index contributed by atoms with van der Waals surface area (Å²) in [7, 11) is -3.77. The number of fused-ring (bicyclic) bond motifs is 6. The maximum Gasteiger partial charge on any atom is 0.269 e. The molecule has 2 aliphatic heterocycles. The molecule has 6 atom stereocenters. The molecule has 2 saturated carbocycles. The summed E-state index contributed by atoms with van der Waals surface area (Å²) in [5, 5.41) is 18.4. The van der Waals surface area contributed by atoms with Crippen molar-refractivity contribution in [3.8, 4) is 12.1 Å². The number of H-pyrrole nitrogens is 1. The number of aromatic nitrogens is 8. The highest BCUT2D eigenvalue weighted by Crippen LogP contribution is 2.44. The molecule has 14 nitrogen and oxygen atoms in total. The van der Waals surface area contributed by atoms with E-state index >= 15 is 0 Å². The van der Waals surface area contributed by atoms with Crippen LogP contribution in [0.2, 0.25) is 0 Å². The Hall–Kier alpha value is -5.61. The lowest BCUT2D eigenvalue weighted by atomic mass is 9.95. The van der Waals surface area contributed by atoms with Gasteiger partial charge in [-0.25, -0.2) is 32.3 Å². The third kappa shape index (κ3) is 7.14. The van der Waals surface area contributed by atoms with Gasteiger partial charge in [0.1, 0.15) is 0 Å². The summed E-state index contributed by atoms with van der Waals surface area (Å²) >= 11 is 0. The van der Waals surface area contributed by atoms with Crippen LogP contribution in [0.4, 0.5) is 0 Å². The van der Waals surface area contributed by atoms with Crippen LogP contribution in [0, 0.1) is 53.3 Å². The van der Waals surface area contributed by atoms with Gasteiger partial charge in [-0.2, -0.15) is 10.5 Å². The first-order valence-electron chi connectivity index (χ1n) is 22.3. The van der Waals surface area contributed by atoms with Gasteiger partial charge in [-0.15, -0.1) is 0 Å². The van der Waals surface area contributed by atoms with Gasteiger partial charge >= 0.3 is 0 Å². The van der Waals surface area contributed by atoms with Crippen LogP contribution < -0.4 is 0 Å². The molecule has 62 heavy (non-hydrogen) atoms. The summed E-state index contributed by atoms with van der Waals surface area (Å²) in [6.45, 7) is 10.7. The number of nitrogens with zero attached hydrogens (tertiary/aromatic N) is 11. The highest BCUT2D eigenvalue weighted by Gasteiger charge is 2.40. The van der Waals surface area contributed by atoms with E-state index in [1.54, 1.807) is 36.7 Å². The Morgan fingerprint density at radius 1 is 0.661 bits per heavy atom. The minimum Gasteiger partial charge on any atom is -0.345 e. The van der Waals surface area contributed by atoms with Crippen LogP contribution >= 0.6 is 0 Å². The van der Waals surface area contributed by atoms with Gasteiger partial charge in [0.2, 0.25) is 0 Å². The highest BCUT2D eigenvalue weighted by molar-refractivity contribution is 7.90. The number of imidazole rings is 2. The van der Waals surface area contributed by atoms with E-state index in [2.05, 4.69) is 81.8 Å². The van der Waals surface area contributed by atoms with E-state index in [0.717, 1.165) is 104 Å². The second-order valence-corrected chi connectivity index (χ2v) is 20.2. The van der Waals surface area contributed by atoms with Gasteiger partial charge in [0.05, 0.1) is 40.5 Å². The number of likely N-dealkylation sites (tertiary alicyclic amines) is 2. The number of hydrogen-bond acceptors (Lipinski definition) is 10. The largest absolute Gasteiger partial charge is 0.345 e. The van der Waals surface area contributed by atoms with Gasteiger partial charge in [0.25, 0.3) is 10.0 Å². The third-order valence-corrected chi connectivity index (χ3v) is 16.4. The molecular formula is C47H54N12O2S. The Morgan fingerprint density at radius 2 is 1.19 bits per heavy atom. The Morgan fingerprint density at radius 3 is 1.74 bits per heavy atom. The fraction of sp³-hybridized carbons (Fsp3) is 0.489. The standard InChI is InChI=1S/C27H30N6O2S.C20H24N6/c1-18-3-5-22(6-4-18)36(34,35)32-12-9-24-27(32)30-17-26-29-16-25(33(24)26)23-14-21(13-19(23)2)31-10-7-20(15-28)8-11-31;1-13-8-15(25-6-3-14(10-21)4-7-25)9-16(13)18-11-23-19-12-24-20-17(26(18)19)2-5-22-20/h3-6,9,12,16-17,19-21,23H,7-8,10-11,13-14H2,1-2H3;2,5,11-16,22H,3-4,6-9H2,1H3/t;13-,15-,16+/m.1/s1. The smallest absolute Gasteiger partial charge is 0.269 e. The number of piperidine rings is 2. The Kier molecular flexibility index (Phi) is 10.6. The van der Waals surface area contributed by atoms with E-state index in [-0.39, 0.29) is 16.7 Å². The number of nitriles is 2. The Balaban J connectivity index is 0.000000156. The van der Waals surface area contributed by atoms with Crippen LogP contribution in [0.3, 0.4) is 0 Å². The average molecular weight is 851 g/mol. The van der Waals surface area contributed by atoms with Crippen LogP contribution in [-0.2, 0) is 10.0 Å². The summed E-state index contributed by atoms with van der Waals surface area (Å²) in [5.74, 6) is 2.40. The summed E-state index contributed by atoms with van der Waals surface area (Å²) in [5.41, 5.74) is 8.28. The fourth-order valence-electron chi connectivity index (χ4n) is 11.2. The predicted octanol–water partition coefficient (Wildman–Crippen LogP) is 7.68. The maximum absolute atomic E-state index is 13.4. The van der Waals surface area contributed by atoms with Crippen LogP contribution in [-0.4, -0.2) is 94.2 Å². The van der Waals surface area contributed by atoms with E-state index in [1.807, 2.05) is 31.6 Å². The normalized spacial score (nSPS) is 25.7. The van der Waals surface area contributed by atoms with Crippen molar-refractivity contribution < 1.29 is 8.42 Å². The molecule has 1 aromatic carbocycles. The third-order valence-electron chi connectivity index (χ3n) is 14.7. The van der Waals surface area contributed by atoms with Crippen molar-refractivity contribution in [2.45, 2.75) is 101 Å². The van der Waals surface area contributed by atoms with Crippen molar-refractivity contribution in [2.75, 3.05) is 26.2 Å². The molecular weight excluding hydrogens is 797 g/mol. The van der Waals surface area contributed by atoms with E-state index in [0.29, 0.717) is 41.4 Å². The van der Waals surface area contributed by atoms with Crippen molar-refractivity contribution in [3.63, 3.8) is 0 Å². The van der Waals surface area contributed by atoms with Crippen LogP contribution in [0.1, 0.15) is 94.0 Å². The van der Waals surface area contributed by atoms with E-state index in [1.165, 1.54) is 22.5 Å². The van der Waals surface area contributed by atoms with E-state index in [4.69, 9.17) is 5.26 Å². The first-order valence-corrected chi connectivity index (χ1v) is 23.8. The summed E-state index contributed by atoms with van der Waals surface area (Å²) in [6, 6.07) is 16.8. The monoisotopic (exact) mass is 850 g/mol. The Bertz CT molecular complexity index is 2940. The molecule has 0 spiro atoms. The molecule has 4 fully saturated rings. The minimum absolute atomic E-state index is 0.190. The first-order chi connectivity index (χ1) is 30.1. The topological polar surface area (TPSA) is 169 Å². The van der Waals surface area contributed by atoms with E-state index in [9.17, 15) is 13.7 Å². The zero-order valence-electron chi connectivity index (χ0n) is 35.7. The summed E-state index contributed by atoms with van der Waals surface area (Å²) in [6.07, 6.45) is 19.6. The van der Waals surface area contributed by atoms with Crippen molar-refractivity contribution in [1.29, 1.82) is 10.5 Å².